The Labute approximate surface area is 170 Å². The van der Waals surface area contributed by atoms with Crippen LogP contribution < -0.4 is 10.0 Å². The van der Waals surface area contributed by atoms with Crippen LogP contribution in [0.2, 0.25) is 0 Å². The van der Waals surface area contributed by atoms with Crippen LogP contribution in [0.4, 0.5) is 11.5 Å². The molecule has 3 N–H and O–H groups in total. The maximum atomic E-state index is 12.1. The van der Waals surface area contributed by atoms with Crippen LogP contribution in [0.25, 0.3) is 22.2 Å². The quantitative estimate of drug-likeness (QED) is 0.546. The summed E-state index contributed by atoms with van der Waals surface area (Å²) >= 11 is 0. The predicted octanol–water partition coefficient (Wildman–Crippen LogP) is 3.98. The van der Waals surface area contributed by atoms with E-state index in [2.05, 4.69) is 20.0 Å². The van der Waals surface area contributed by atoms with Crippen molar-refractivity contribution in [2.24, 2.45) is 11.8 Å². The maximum absolute atomic E-state index is 12.1. The van der Waals surface area contributed by atoms with Gasteiger partial charge in [0.1, 0.15) is 11.5 Å². The Morgan fingerprint density at radius 2 is 1.93 bits per heavy atom. The largest absolute Gasteiger partial charge is 0.346 e. The van der Waals surface area contributed by atoms with Gasteiger partial charge in [-0.2, -0.15) is 0 Å². The fraction of sp³-hybridized carbons (Fsp3) is 0.333. The van der Waals surface area contributed by atoms with E-state index in [-0.39, 0.29) is 23.5 Å². The minimum absolute atomic E-state index is 0.00395. The molecule has 3 aromatic rings. The van der Waals surface area contributed by atoms with Crippen molar-refractivity contribution in [3.8, 4) is 11.1 Å². The lowest BCUT2D eigenvalue weighted by atomic mass is 10.0. The normalized spacial score (nSPS) is 14.3. The number of aromatic amines is 1. The van der Waals surface area contributed by atoms with Crippen molar-refractivity contribution in [1.82, 2.24) is 9.97 Å². The summed E-state index contributed by atoms with van der Waals surface area (Å²) in [5.41, 5.74) is 3.04. The molecular formula is C21H24N4O3S. The summed E-state index contributed by atoms with van der Waals surface area (Å²) in [6, 6.07) is 11.0. The first-order valence-corrected chi connectivity index (χ1v) is 11.4. The SMILES string of the molecule is CC(C)CS(=O)(=O)Nc1ccc(-c2cc(NC(=O)C3CC3)nc3[nH]ccc23)cc1. The molecule has 0 spiro atoms. The van der Waals surface area contributed by atoms with Gasteiger partial charge in [0, 0.05) is 23.2 Å². The molecule has 4 rings (SSSR count). The van der Waals surface area contributed by atoms with Crippen LogP contribution in [-0.4, -0.2) is 30.0 Å². The molecule has 7 nitrogen and oxygen atoms in total. The molecule has 8 heteroatoms. The third-order valence-electron chi connectivity index (χ3n) is 4.75. The van der Waals surface area contributed by atoms with E-state index in [4.69, 9.17) is 0 Å². The van der Waals surface area contributed by atoms with E-state index < -0.39 is 10.0 Å². The molecule has 29 heavy (non-hydrogen) atoms. The Morgan fingerprint density at radius 1 is 1.21 bits per heavy atom. The van der Waals surface area contributed by atoms with Gasteiger partial charge in [-0.25, -0.2) is 13.4 Å². The second-order valence-corrected chi connectivity index (χ2v) is 9.68. The van der Waals surface area contributed by atoms with E-state index in [0.29, 0.717) is 17.2 Å². The molecule has 1 aliphatic carbocycles. The number of anilines is 2. The number of sulfonamides is 1. The molecule has 2 heterocycles. The monoisotopic (exact) mass is 412 g/mol. The van der Waals surface area contributed by atoms with Crippen molar-refractivity contribution in [2.75, 3.05) is 15.8 Å². The number of pyridine rings is 1. The highest BCUT2D eigenvalue weighted by Crippen LogP contribution is 2.33. The van der Waals surface area contributed by atoms with E-state index >= 15 is 0 Å². The zero-order valence-corrected chi connectivity index (χ0v) is 17.2. The van der Waals surface area contributed by atoms with E-state index in [9.17, 15) is 13.2 Å². The lowest BCUT2D eigenvalue weighted by Crippen LogP contribution is -2.19. The van der Waals surface area contributed by atoms with Crippen molar-refractivity contribution in [2.45, 2.75) is 26.7 Å². The molecule has 0 saturated heterocycles. The minimum Gasteiger partial charge on any atom is -0.346 e. The highest BCUT2D eigenvalue weighted by Gasteiger charge is 2.30. The van der Waals surface area contributed by atoms with Gasteiger partial charge in [-0.15, -0.1) is 0 Å². The molecular weight excluding hydrogens is 388 g/mol. The number of hydrogen-bond donors (Lipinski definition) is 3. The van der Waals surface area contributed by atoms with Crippen molar-refractivity contribution in [3.63, 3.8) is 0 Å². The van der Waals surface area contributed by atoms with Crippen molar-refractivity contribution >= 4 is 38.5 Å². The van der Waals surface area contributed by atoms with Gasteiger partial charge in [0.15, 0.2) is 0 Å². The third kappa shape index (κ3) is 4.59. The molecule has 2 aromatic heterocycles. The molecule has 0 unspecified atom stereocenters. The number of aromatic nitrogens is 2. The number of benzene rings is 1. The molecule has 0 aliphatic heterocycles. The smallest absolute Gasteiger partial charge is 0.232 e. The summed E-state index contributed by atoms with van der Waals surface area (Å²) < 4.78 is 26.9. The standard InChI is InChI=1S/C21H24N4O3S/c1-13(2)12-29(27,28)25-16-7-5-14(6-8-16)18-11-19(24-21(26)15-3-4-15)23-20-17(18)9-10-22-20/h5-11,13,15,25H,3-4,12H2,1-2H3,(H2,22,23,24,26). The lowest BCUT2D eigenvalue weighted by molar-refractivity contribution is -0.117. The number of nitrogens with one attached hydrogen (secondary N) is 3. The summed E-state index contributed by atoms with van der Waals surface area (Å²) in [4.78, 5) is 19.7. The van der Waals surface area contributed by atoms with E-state index in [1.807, 2.05) is 44.3 Å². The van der Waals surface area contributed by atoms with Crippen LogP contribution in [0.3, 0.4) is 0 Å². The Bertz CT molecular complexity index is 1150. The zero-order chi connectivity index (χ0) is 20.6. The van der Waals surface area contributed by atoms with Gasteiger partial charge in [0.2, 0.25) is 15.9 Å². The topological polar surface area (TPSA) is 104 Å². The fourth-order valence-electron chi connectivity index (χ4n) is 3.29. The number of hydrogen-bond acceptors (Lipinski definition) is 4. The molecule has 1 aliphatic rings. The Kier molecular flexibility index (Phi) is 5.04. The van der Waals surface area contributed by atoms with Crippen LogP contribution in [0, 0.1) is 11.8 Å². The predicted molar refractivity (Wildman–Crippen MR) is 115 cm³/mol. The van der Waals surface area contributed by atoms with Crippen LogP contribution in [0.5, 0.6) is 0 Å². The second kappa shape index (κ2) is 7.51. The van der Waals surface area contributed by atoms with Crippen LogP contribution >= 0.6 is 0 Å². The molecule has 0 radical (unpaired) electrons. The van der Waals surface area contributed by atoms with Crippen molar-refractivity contribution < 1.29 is 13.2 Å². The number of H-pyrrole nitrogens is 1. The van der Waals surface area contributed by atoms with Gasteiger partial charge in [-0.3, -0.25) is 9.52 Å². The van der Waals surface area contributed by atoms with Gasteiger partial charge in [-0.05, 0) is 54.2 Å². The van der Waals surface area contributed by atoms with E-state index in [1.54, 1.807) is 12.1 Å². The first-order chi connectivity index (χ1) is 13.8. The van der Waals surface area contributed by atoms with Gasteiger partial charge in [0.25, 0.3) is 0 Å². The first kappa shape index (κ1) is 19.4. The number of carbonyl (C=O) groups excluding carboxylic acids is 1. The number of amides is 1. The average molecular weight is 413 g/mol. The third-order valence-corrected chi connectivity index (χ3v) is 6.40. The van der Waals surface area contributed by atoms with Crippen molar-refractivity contribution in [3.05, 3.63) is 42.6 Å². The molecule has 0 atom stereocenters. The Morgan fingerprint density at radius 3 is 2.59 bits per heavy atom. The van der Waals surface area contributed by atoms with Gasteiger partial charge in [0.05, 0.1) is 5.75 Å². The minimum atomic E-state index is -3.37. The van der Waals surface area contributed by atoms with Crippen LogP contribution in [0.1, 0.15) is 26.7 Å². The zero-order valence-electron chi connectivity index (χ0n) is 16.4. The lowest BCUT2D eigenvalue weighted by Gasteiger charge is -2.12. The number of rotatable bonds is 7. The molecule has 1 fully saturated rings. The van der Waals surface area contributed by atoms with Crippen LogP contribution in [-0.2, 0) is 14.8 Å². The summed E-state index contributed by atoms with van der Waals surface area (Å²) in [7, 11) is -3.37. The number of fused-ring (bicyclic) bond motifs is 1. The summed E-state index contributed by atoms with van der Waals surface area (Å²) in [6.45, 7) is 3.74. The number of carbonyl (C=O) groups is 1. The Balaban J connectivity index is 1.62. The summed E-state index contributed by atoms with van der Waals surface area (Å²) in [5, 5.41) is 3.83. The number of nitrogens with zero attached hydrogens (tertiary/aromatic N) is 1. The molecule has 152 valence electrons. The summed E-state index contributed by atoms with van der Waals surface area (Å²) in [6.07, 6.45) is 3.66. The first-order valence-electron chi connectivity index (χ1n) is 9.70. The average Bonchev–Trinajstić information content (AvgIpc) is 3.39. The Hall–Kier alpha value is -2.87. The maximum Gasteiger partial charge on any atom is 0.232 e. The van der Waals surface area contributed by atoms with Gasteiger partial charge in [-0.1, -0.05) is 26.0 Å². The second-order valence-electron chi connectivity index (χ2n) is 7.91. The highest BCUT2D eigenvalue weighted by molar-refractivity contribution is 7.92. The van der Waals surface area contributed by atoms with E-state index in [1.165, 1.54) is 0 Å². The molecule has 1 aromatic carbocycles. The van der Waals surface area contributed by atoms with Gasteiger partial charge < -0.3 is 10.3 Å². The fourth-order valence-corrected chi connectivity index (χ4v) is 4.75. The van der Waals surface area contributed by atoms with Crippen LogP contribution in [0.15, 0.2) is 42.6 Å². The van der Waals surface area contributed by atoms with Gasteiger partial charge >= 0.3 is 0 Å². The molecule has 1 amide bonds. The van der Waals surface area contributed by atoms with E-state index in [0.717, 1.165) is 29.4 Å². The molecule has 0 bridgehead atoms. The molecule has 1 saturated carbocycles. The summed E-state index contributed by atoms with van der Waals surface area (Å²) in [5.74, 6) is 0.734. The highest BCUT2D eigenvalue weighted by atomic mass is 32.2. The van der Waals surface area contributed by atoms with Crippen molar-refractivity contribution in [1.29, 1.82) is 0 Å².